The molecule has 6 nitrogen and oxygen atoms in total. The fraction of sp³-hybridized carbons (Fsp3) is 0.0435. The van der Waals surface area contributed by atoms with Crippen molar-refractivity contribution in [1.82, 2.24) is 5.32 Å². The second-order valence-electron chi connectivity index (χ2n) is 6.69. The molecule has 0 spiro atoms. The van der Waals surface area contributed by atoms with Gasteiger partial charge in [0.05, 0.1) is 15.6 Å². The van der Waals surface area contributed by atoms with Gasteiger partial charge in [0.1, 0.15) is 11.5 Å². The number of carbonyl (C=O) groups is 2. The molecule has 9 heteroatoms. The van der Waals surface area contributed by atoms with E-state index in [9.17, 15) is 14.0 Å². The minimum atomic E-state index is -0.647. The first-order valence-electron chi connectivity index (χ1n) is 9.34. The minimum Gasteiger partial charge on any atom is -0.454 e. The van der Waals surface area contributed by atoms with E-state index in [1.807, 2.05) is 0 Å². The summed E-state index contributed by atoms with van der Waals surface area (Å²) in [4.78, 5) is 25.8. The van der Waals surface area contributed by atoms with Crippen LogP contribution < -0.4 is 20.1 Å². The van der Waals surface area contributed by atoms with E-state index in [0.29, 0.717) is 17.1 Å². The highest BCUT2D eigenvalue weighted by molar-refractivity contribution is 6.34. The molecule has 0 aromatic heterocycles. The van der Waals surface area contributed by atoms with Crippen LogP contribution >= 0.6 is 23.2 Å². The Labute approximate surface area is 192 Å². The van der Waals surface area contributed by atoms with Crippen molar-refractivity contribution in [2.75, 3.05) is 12.1 Å². The third-order valence-corrected chi connectivity index (χ3v) is 5.12. The molecular weight excluding hydrogens is 458 g/mol. The first-order chi connectivity index (χ1) is 15.4. The zero-order valence-corrected chi connectivity index (χ0v) is 17.8. The third kappa shape index (κ3) is 4.85. The molecule has 3 aromatic carbocycles. The molecule has 0 aliphatic carbocycles. The number of rotatable bonds is 5. The first-order valence-corrected chi connectivity index (χ1v) is 10.1. The average molecular weight is 473 g/mol. The molecule has 162 valence electrons. The summed E-state index contributed by atoms with van der Waals surface area (Å²) in [5, 5.41) is 5.26. The Balaban J connectivity index is 1.65. The molecule has 4 rings (SSSR count). The normalized spacial score (nSPS) is 12.4. The minimum absolute atomic E-state index is 0.0748. The predicted molar refractivity (Wildman–Crippen MR) is 119 cm³/mol. The van der Waals surface area contributed by atoms with Crippen molar-refractivity contribution in [1.29, 1.82) is 0 Å². The van der Waals surface area contributed by atoms with Crippen molar-refractivity contribution in [2.45, 2.75) is 0 Å². The van der Waals surface area contributed by atoms with Gasteiger partial charge in [0, 0.05) is 5.69 Å². The molecule has 0 bridgehead atoms. The summed E-state index contributed by atoms with van der Waals surface area (Å²) < 4.78 is 24.1. The first kappa shape index (κ1) is 21.7. The van der Waals surface area contributed by atoms with Gasteiger partial charge in [0.2, 0.25) is 6.79 Å². The highest BCUT2D eigenvalue weighted by Crippen LogP contribution is 2.33. The molecule has 0 fully saturated rings. The van der Waals surface area contributed by atoms with Crippen molar-refractivity contribution in [2.24, 2.45) is 0 Å². The predicted octanol–water partition coefficient (Wildman–Crippen LogP) is 5.27. The molecule has 1 aliphatic rings. The van der Waals surface area contributed by atoms with E-state index >= 15 is 0 Å². The van der Waals surface area contributed by atoms with Crippen LogP contribution in [0.4, 0.5) is 10.1 Å². The van der Waals surface area contributed by atoms with Gasteiger partial charge in [0.25, 0.3) is 11.8 Å². The molecule has 0 radical (unpaired) electrons. The van der Waals surface area contributed by atoms with Crippen LogP contribution in [-0.2, 0) is 4.79 Å². The van der Waals surface area contributed by atoms with Crippen LogP contribution in [0.1, 0.15) is 15.9 Å². The van der Waals surface area contributed by atoms with Gasteiger partial charge in [-0.1, -0.05) is 41.4 Å². The van der Waals surface area contributed by atoms with Crippen LogP contribution in [0.5, 0.6) is 11.5 Å². The number of halogens is 3. The number of benzene rings is 3. The maximum absolute atomic E-state index is 13.4. The Morgan fingerprint density at radius 2 is 1.72 bits per heavy atom. The van der Waals surface area contributed by atoms with Gasteiger partial charge in [-0.15, -0.1) is 0 Å². The molecule has 32 heavy (non-hydrogen) atoms. The van der Waals surface area contributed by atoms with Gasteiger partial charge in [-0.2, -0.15) is 0 Å². The van der Waals surface area contributed by atoms with Crippen molar-refractivity contribution >= 4 is 46.8 Å². The van der Waals surface area contributed by atoms with E-state index in [2.05, 4.69) is 10.6 Å². The van der Waals surface area contributed by atoms with Crippen LogP contribution in [0.3, 0.4) is 0 Å². The lowest BCUT2D eigenvalue weighted by atomic mass is 10.1. The van der Waals surface area contributed by atoms with Crippen LogP contribution in [0.25, 0.3) is 6.08 Å². The van der Waals surface area contributed by atoms with E-state index in [0.717, 1.165) is 6.07 Å². The summed E-state index contributed by atoms with van der Waals surface area (Å²) in [5.74, 6) is -0.746. The van der Waals surface area contributed by atoms with Crippen molar-refractivity contribution < 1.29 is 23.5 Å². The monoisotopic (exact) mass is 472 g/mol. The van der Waals surface area contributed by atoms with E-state index in [1.165, 1.54) is 24.3 Å². The summed E-state index contributed by atoms with van der Waals surface area (Å²) in [6, 6.07) is 15.3. The molecule has 0 saturated heterocycles. The topological polar surface area (TPSA) is 76.7 Å². The Morgan fingerprint density at radius 3 is 2.50 bits per heavy atom. The zero-order chi connectivity index (χ0) is 22.7. The van der Waals surface area contributed by atoms with Crippen molar-refractivity contribution in [3.63, 3.8) is 0 Å². The molecule has 2 N–H and O–H groups in total. The molecule has 0 saturated carbocycles. The molecular formula is C23H15Cl2FN2O4. The number of carbonyl (C=O) groups excluding carboxylic acids is 2. The fourth-order valence-corrected chi connectivity index (χ4v) is 3.34. The van der Waals surface area contributed by atoms with E-state index in [1.54, 1.807) is 36.4 Å². The van der Waals surface area contributed by atoms with Crippen LogP contribution in [0, 0.1) is 5.82 Å². The number of anilines is 1. The second-order valence-corrected chi connectivity index (χ2v) is 7.50. The number of hydrogen-bond acceptors (Lipinski definition) is 4. The summed E-state index contributed by atoms with van der Waals surface area (Å²) in [5.41, 5.74) is 0.957. The molecule has 0 atom stereocenters. The van der Waals surface area contributed by atoms with Crippen molar-refractivity contribution in [3.8, 4) is 11.5 Å². The smallest absolute Gasteiger partial charge is 0.272 e. The number of ether oxygens (including phenoxy) is 2. The SMILES string of the molecule is O=C(Nc1ccc(F)c(Cl)c1)/C(=C\c1ccc2c(c1)OCO2)NC(=O)c1ccccc1Cl. The molecule has 2 amide bonds. The zero-order valence-electron chi connectivity index (χ0n) is 16.3. The third-order valence-electron chi connectivity index (χ3n) is 4.50. The summed E-state index contributed by atoms with van der Waals surface area (Å²) in [6.45, 7) is 0.102. The highest BCUT2D eigenvalue weighted by Gasteiger charge is 2.18. The fourth-order valence-electron chi connectivity index (χ4n) is 2.94. The Hall–Kier alpha value is -3.55. The van der Waals surface area contributed by atoms with E-state index < -0.39 is 17.6 Å². The number of hydrogen-bond donors (Lipinski definition) is 2. The lowest BCUT2D eigenvalue weighted by Crippen LogP contribution is -2.31. The van der Waals surface area contributed by atoms with Gasteiger partial charge in [-0.3, -0.25) is 9.59 Å². The molecule has 1 aliphatic heterocycles. The van der Waals surface area contributed by atoms with E-state index in [4.69, 9.17) is 32.7 Å². The quantitative estimate of drug-likeness (QED) is 0.495. The summed E-state index contributed by atoms with van der Waals surface area (Å²) >= 11 is 11.9. The Kier molecular flexibility index (Phi) is 6.30. The van der Waals surface area contributed by atoms with Crippen LogP contribution in [0.15, 0.2) is 66.4 Å². The lowest BCUT2D eigenvalue weighted by molar-refractivity contribution is -0.113. The Morgan fingerprint density at radius 1 is 0.938 bits per heavy atom. The maximum atomic E-state index is 13.4. The highest BCUT2D eigenvalue weighted by atomic mass is 35.5. The lowest BCUT2D eigenvalue weighted by Gasteiger charge is -2.12. The van der Waals surface area contributed by atoms with Gasteiger partial charge in [-0.25, -0.2) is 4.39 Å². The molecule has 1 heterocycles. The summed E-state index contributed by atoms with van der Waals surface area (Å²) in [6.07, 6.45) is 1.47. The number of amides is 2. The average Bonchev–Trinajstić information content (AvgIpc) is 3.24. The van der Waals surface area contributed by atoms with Crippen molar-refractivity contribution in [3.05, 3.63) is 93.4 Å². The number of fused-ring (bicyclic) bond motifs is 1. The molecule has 3 aromatic rings. The van der Waals surface area contributed by atoms with Gasteiger partial charge >= 0.3 is 0 Å². The van der Waals surface area contributed by atoms with Crippen LogP contribution in [-0.4, -0.2) is 18.6 Å². The number of nitrogens with one attached hydrogen (secondary N) is 2. The van der Waals surface area contributed by atoms with Crippen LogP contribution in [0.2, 0.25) is 10.0 Å². The molecule has 0 unspecified atom stereocenters. The summed E-state index contributed by atoms with van der Waals surface area (Å²) in [7, 11) is 0. The van der Waals surface area contributed by atoms with Gasteiger partial charge in [-0.05, 0) is 54.1 Å². The maximum Gasteiger partial charge on any atom is 0.272 e. The van der Waals surface area contributed by atoms with E-state index in [-0.39, 0.29) is 33.8 Å². The largest absolute Gasteiger partial charge is 0.454 e. The van der Waals surface area contributed by atoms with Gasteiger partial charge in [0.15, 0.2) is 11.5 Å². The second kappa shape index (κ2) is 9.30. The Bertz CT molecular complexity index is 1250. The van der Waals surface area contributed by atoms with Gasteiger partial charge < -0.3 is 20.1 Å². The standard InChI is InChI=1S/C23H15Cl2FN2O4/c24-16-4-2-1-3-15(16)22(29)28-19(9-13-5-8-20-21(10-13)32-12-31-20)23(30)27-14-6-7-18(26)17(25)11-14/h1-11H,12H2,(H,27,30)(H,28,29)/b19-9+.